The molecule has 0 radical (unpaired) electrons. The molecule has 2 nitrogen and oxygen atoms in total. The molecule has 1 N–H and O–H groups in total. The van der Waals surface area contributed by atoms with Crippen molar-refractivity contribution >= 4 is 0 Å². The van der Waals surface area contributed by atoms with Crippen LogP contribution < -0.4 is 0 Å². The van der Waals surface area contributed by atoms with Gasteiger partial charge in [0.15, 0.2) is 0 Å². The summed E-state index contributed by atoms with van der Waals surface area (Å²) in [4.78, 5) is 0. The first-order valence-electron chi connectivity index (χ1n) is 6.40. The number of hydrogen-bond acceptors (Lipinski definition) is 1. The van der Waals surface area contributed by atoms with Crippen LogP contribution in [-0.2, 0) is 13.0 Å². The Morgan fingerprint density at radius 2 is 1.81 bits per heavy atom. The maximum atomic E-state index is 9.33. The van der Waals surface area contributed by atoms with Crippen molar-refractivity contribution in [2.75, 3.05) is 0 Å². The first kappa shape index (κ1) is 13.3. The van der Waals surface area contributed by atoms with Gasteiger partial charge in [-0.2, -0.15) is 0 Å². The molecule has 0 aliphatic carbocycles. The topological polar surface area (TPSA) is 25.2 Å². The highest BCUT2D eigenvalue weighted by molar-refractivity contribution is 5.17. The number of aliphatic hydroxyl groups is 1. The Kier molecular flexibility index (Phi) is 5.07. The summed E-state index contributed by atoms with van der Waals surface area (Å²) in [6.45, 7) is 9.06. The molecule has 0 spiro atoms. The second-order valence-electron chi connectivity index (χ2n) is 5.03. The molecule has 92 valence electrons. The van der Waals surface area contributed by atoms with E-state index in [0.29, 0.717) is 6.04 Å². The molecular weight excluding hydrogens is 198 g/mol. The summed E-state index contributed by atoms with van der Waals surface area (Å²) < 4.78 is 2.31. The Labute approximate surface area is 99.3 Å². The van der Waals surface area contributed by atoms with Crippen LogP contribution in [0.2, 0.25) is 0 Å². The molecular formula is C14H25NO. The van der Waals surface area contributed by atoms with Gasteiger partial charge >= 0.3 is 0 Å². The molecule has 1 rings (SSSR count). The first-order valence-corrected chi connectivity index (χ1v) is 6.40. The van der Waals surface area contributed by atoms with Gasteiger partial charge in [0.05, 0.1) is 6.61 Å². The van der Waals surface area contributed by atoms with Crippen LogP contribution in [0.5, 0.6) is 0 Å². The summed E-state index contributed by atoms with van der Waals surface area (Å²) in [6.07, 6.45) is 3.43. The number of aliphatic hydroxyl groups excluding tert-OH is 1. The fourth-order valence-electron chi connectivity index (χ4n) is 2.06. The average molecular weight is 223 g/mol. The maximum absolute atomic E-state index is 9.33. The normalized spacial score (nSPS) is 13.4. The number of rotatable bonds is 6. The maximum Gasteiger partial charge on any atom is 0.0833 e. The van der Waals surface area contributed by atoms with Gasteiger partial charge in [0.1, 0.15) is 0 Å². The van der Waals surface area contributed by atoms with Crippen LogP contribution in [0.25, 0.3) is 0 Å². The minimum absolute atomic E-state index is 0.145. The van der Waals surface area contributed by atoms with Gasteiger partial charge in [0, 0.05) is 17.4 Å². The average Bonchev–Trinajstić information content (AvgIpc) is 2.68. The third-order valence-electron chi connectivity index (χ3n) is 3.26. The zero-order valence-corrected chi connectivity index (χ0v) is 11.0. The Bertz CT molecular complexity index is 315. The zero-order chi connectivity index (χ0) is 12.1. The van der Waals surface area contributed by atoms with Crippen LogP contribution in [0.15, 0.2) is 12.1 Å². The Hall–Kier alpha value is -0.760. The summed E-state index contributed by atoms with van der Waals surface area (Å²) >= 11 is 0. The monoisotopic (exact) mass is 223 g/mol. The van der Waals surface area contributed by atoms with Crippen LogP contribution in [0.4, 0.5) is 0 Å². The minimum atomic E-state index is 0.145. The van der Waals surface area contributed by atoms with Gasteiger partial charge in [-0.25, -0.2) is 0 Å². The lowest BCUT2D eigenvalue weighted by Gasteiger charge is -2.19. The van der Waals surface area contributed by atoms with Gasteiger partial charge in [-0.05, 0) is 44.2 Å². The molecule has 1 aromatic rings. The van der Waals surface area contributed by atoms with E-state index in [9.17, 15) is 5.11 Å². The molecule has 1 heterocycles. The van der Waals surface area contributed by atoms with Crippen LogP contribution >= 0.6 is 0 Å². The summed E-state index contributed by atoms with van der Waals surface area (Å²) in [5.41, 5.74) is 2.42. The number of aromatic nitrogens is 1. The lowest BCUT2D eigenvalue weighted by atomic mass is 10.1. The van der Waals surface area contributed by atoms with E-state index in [1.165, 1.54) is 12.1 Å². The predicted molar refractivity (Wildman–Crippen MR) is 68.5 cm³/mol. The highest BCUT2D eigenvalue weighted by atomic mass is 16.3. The Morgan fingerprint density at radius 3 is 2.31 bits per heavy atom. The fourth-order valence-corrected chi connectivity index (χ4v) is 2.06. The van der Waals surface area contributed by atoms with Crippen molar-refractivity contribution in [2.24, 2.45) is 5.92 Å². The Balaban J connectivity index is 2.86. The minimum Gasteiger partial charge on any atom is -0.390 e. The molecule has 0 saturated carbocycles. The smallest absolute Gasteiger partial charge is 0.0833 e. The van der Waals surface area contributed by atoms with E-state index < -0.39 is 0 Å². The van der Waals surface area contributed by atoms with Crippen molar-refractivity contribution in [3.05, 3.63) is 23.5 Å². The van der Waals surface area contributed by atoms with E-state index in [0.717, 1.165) is 24.5 Å². The van der Waals surface area contributed by atoms with Crippen LogP contribution in [0, 0.1) is 5.92 Å². The summed E-state index contributed by atoms with van der Waals surface area (Å²) in [7, 11) is 0. The molecule has 1 aromatic heterocycles. The van der Waals surface area contributed by atoms with E-state index in [-0.39, 0.29) is 6.61 Å². The molecule has 0 fully saturated rings. The second-order valence-corrected chi connectivity index (χ2v) is 5.03. The van der Waals surface area contributed by atoms with Crippen LogP contribution in [0.1, 0.15) is 58.0 Å². The predicted octanol–water partition coefficient (Wildman–Crippen LogP) is 3.54. The van der Waals surface area contributed by atoms with Crippen LogP contribution in [-0.4, -0.2) is 9.67 Å². The van der Waals surface area contributed by atoms with E-state index in [4.69, 9.17) is 0 Å². The molecule has 1 unspecified atom stereocenters. The summed E-state index contributed by atoms with van der Waals surface area (Å²) in [5.74, 6) is 0.734. The van der Waals surface area contributed by atoms with Crippen molar-refractivity contribution < 1.29 is 5.11 Å². The molecule has 0 amide bonds. The van der Waals surface area contributed by atoms with Crippen molar-refractivity contribution in [1.82, 2.24) is 4.57 Å². The van der Waals surface area contributed by atoms with Crippen molar-refractivity contribution in [3.8, 4) is 0 Å². The van der Waals surface area contributed by atoms with Crippen molar-refractivity contribution in [2.45, 2.75) is 59.6 Å². The van der Waals surface area contributed by atoms with Gasteiger partial charge in [0.25, 0.3) is 0 Å². The number of aryl methyl sites for hydroxylation is 1. The molecule has 0 aromatic carbocycles. The van der Waals surface area contributed by atoms with Crippen LogP contribution in [0.3, 0.4) is 0 Å². The molecule has 0 aliphatic rings. The Morgan fingerprint density at radius 1 is 1.19 bits per heavy atom. The molecule has 0 saturated heterocycles. The third-order valence-corrected chi connectivity index (χ3v) is 3.26. The number of nitrogens with zero attached hydrogens (tertiary/aromatic N) is 1. The van der Waals surface area contributed by atoms with E-state index in [1.54, 1.807) is 0 Å². The first-order chi connectivity index (χ1) is 7.60. The second kappa shape index (κ2) is 6.09. The standard InChI is InChI=1S/C14H25NO/c1-5-12(4)15-13(7-6-11(2)3)8-9-14(15)10-16/h8-9,11-12,16H,5-7,10H2,1-4H3. The zero-order valence-electron chi connectivity index (χ0n) is 11.0. The summed E-state index contributed by atoms with van der Waals surface area (Å²) in [6, 6.07) is 4.71. The fraction of sp³-hybridized carbons (Fsp3) is 0.714. The molecule has 1 atom stereocenters. The quantitative estimate of drug-likeness (QED) is 0.784. The molecule has 16 heavy (non-hydrogen) atoms. The molecule has 0 aliphatic heterocycles. The SMILES string of the molecule is CCC(C)n1c(CO)ccc1CCC(C)C. The molecule has 0 bridgehead atoms. The van der Waals surface area contributed by atoms with Gasteiger partial charge in [-0.3, -0.25) is 0 Å². The van der Waals surface area contributed by atoms with E-state index in [2.05, 4.69) is 44.4 Å². The van der Waals surface area contributed by atoms with Gasteiger partial charge in [0.2, 0.25) is 0 Å². The number of hydrogen-bond donors (Lipinski definition) is 1. The highest BCUT2D eigenvalue weighted by Gasteiger charge is 2.12. The lowest BCUT2D eigenvalue weighted by molar-refractivity contribution is 0.265. The largest absolute Gasteiger partial charge is 0.390 e. The van der Waals surface area contributed by atoms with Gasteiger partial charge < -0.3 is 9.67 Å². The van der Waals surface area contributed by atoms with Gasteiger partial charge in [-0.15, -0.1) is 0 Å². The van der Waals surface area contributed by atoms with Crippen molar-refractivity contribution in [1.29, 1.82) is 0 Å². The lowest BCUT2D eigenvalue weighted by Crippen LogP contribution is -2.12. The highest BCUT2D eigenvalue weighted by Crippen LogP contribution is 2.21. The van der Waals surface area contributed by atoms with Gasteiger partial charge in [-0.1, -0.05) is 20.8 Å². The van der Waals surface area contributed by atoms with E-state index in [1.807, 2.05) is 0 Å². The molecule has 2 heteroatoms. The summed E-state index contributed by atoms with van der Waals surface area (Å²) in [5, 5.41) is 9.33. The third kappa shape index (κ3) is 3.11. The van der Waals surface area contributed by atoms with E-state index >= 15 is 0 Å². The van der Waals surface area contributed by atoms with Crippen molar-refractivity contribution in [3.63, 3.8) is 0 Å².